The van der Waals surface area contributed by atoms with Crippen molar-refractivity contribution in [2.45, 2.75) is 13.1 Å². The second kappa shape index (κ2) is 5.07. The highest BCUT2D eigenvalue weighted by atomic mass is 19.4. The molecule has 0 saturated heterocycles. The Hall–Kier alpha value is -2.05. The minimum absolute atomic E-state index is 0.0934. The molecule has 0 fully saturated rings. The summed E-state index contributed by atoms with van der Waals surface area (Å²) in [6, 6.07) is 3.45. The van der Waals surface area contributed by atoms with Gasteiger partial charge in [0.25, 0.3) is 5.78 Å². The van der Waals surface area contributed by atoms with Crippen molar-refractivity contribution in [3.8, 4) is 5.75 Å². The number of halogens is 3. The molecule has 0 saturated carbocycles. The van der Waals surface area contributed by atoms with Gasteiger partial charge in [-0.05, 0) is 18.2 Å². The first kappa shape index (κ1) is 14.0. The number of methoxy groups -OCH3 is 1. The Bertz CT molecular complexity index is 483. The van der Waals surface area contributed by atoms with E-state index in [0.717, 1.165) is 13.2 Å². The highest BCUT2D eigenvalue weighted by molar-refractivity contribution is 6.04. The molecule has 1 N–H and O–H groups in total. The van der Waals surface area contributed by atoms with Gasteiger partial charge in [0.05, 0.1) is 12.7 Å². The number of hydrogen-bond donors (Lipinski definition) is 1. The van der Waals surface area contributed by atoms with Crippen molar-refractivity contribution in [3.63, 3.8) is 0 Å². The molecule has 18 heavy (non-hydrogen) atoms. The molecular formula is C11H10F3NO3. The minimum Gasteiger partial charge on any atom is -0.496 e. The molecule has 0 bridgehead atoms. The summed E-state index contributed by atoms with van der Waals surface area (Å²) >= 11 is 0. The first-order valence-corrected chi connectivity index (χ1v) is 4.83. The van der Waals surface area contributed by atoms with E-state index in [1.54, 1.807) is 0 Å². The van der Waals surface area contributed by atoms with Crippen molar-refractivity contribution in [1.82, 2.24) is 0 Å². The van der Waals surface area contributed by atoms with E-state index in [9.17, 15) is 22.8 Å². The fraction of sp³-hybridized carbons (Fsp3) is 0.273. The van der Waals surface area contributed by atoms with Crippen LogP contribution < -0.4 is 10.1 Å². The van der Waals surface area contributed by atoms with Gasteiger partial charge in [0.1, 0.15) is 5.75 Å². The Morgan fingerprint density at radius 2 is 1.89 bits per heavy atom. The monoisotopic (exact) mass is 261 g/mol. The largest absolute Gasteiger partial charge is 0.496 e. The molecule has 0 aliphatic heterocycles. The van der Waals surface area contributed by atoms with E-state index in [1.165, 1.54) is 19.1 Å². The fourth-order valence-electron chi connectivity index (χ4n) is 1.32. The Morgan fingerprint density at radius 3 is 2.33 bits per heavy atom. The number of Topliss-reactive ketones (excluding diaryl/α,β-unsaturated/α-hetero) is 1. The smallest absolute Gasteiger partial charge is 0.455 e. The van der Waals surface area contributed by atoms with E-state index in [2.05, 4.69) is 10.1 Å². The first-order valence-electron chi connectivity index (χ1n) is 4.83. The molecule has 0 aromatic heterocycles. The van der Waals surface area contributed by atoms with Gasteiger partial charge in [0.2, 0.25) is 5.91 Å². The first-order chi connectivity index (χ1) is 8.25. The number of carbonyl (C=O) groups excluding carboxylic acids is 2. The molecule has 0 radical (unpaired) electrons. The summed E-state index contributed by atoms with van der Waals surface area (Å²) < 4.78 is 41.7. The predicted octanol–water partition coefficient (Wildman–Crippen LogP) is 2.40. The molecule has 0 aliphatic rings. The maximum atomic E-state index is 12.4. The Labute approximate surface area is 101 Å². The van der Waals surface area contributed by atoms with Crippen LogP contribution in [0.5, 0.6) is 5.75 Å². The van der Waals surface area contributed by atoms with Crippen LogP contribution in [0.15, 0.2) is 18.2 Å². The van der Waals surface area contributed by atoms with E-state index >= 15 is 0 Å². The third-order valence-corrected chi connectivity index (χ3v) is 2.02. The summed E-state index contributed by atoms with van der Waals surface area (Å²) in [5.74, 6) is -2.68. The molecule has 98 valence electrons. The van der Waals surface area contributed by atoms with Gasteiger partial charge in [-0.2, -0.15) is 13.2 Å². The van der Waals surface area contributed by atoms with Gasteiger partial charge in [-0.25, -0.2) is 0 Å². The van der Waals surface area contributed by atoms with Gasteiger partial charge in [-0.1, -0.05) is 0 Å². The molecule has 0 unspecified atom stereocenters. The van der Waals surface area contributed by atoms with Gasteiger partial charge in [0, 0.05) is 12.6 Å². The average Bonchev–Trinajstić information content (AvgIpc) is 2.26. The van der Waals surface area contributed by atoms with E-state index in [4.69, 9.17) is 0 Å². The topological polar surface area (TPSA) is 55.4 Å². The molecule has 1 aromatic carbocycles. The zero-order chi connectivity index (χ0) is 13.9. The molecule has 0 aliphatic carbocycles. The Kier molecular flexibility index (Phi) is 3.95. The number of rotatable bonds is 3. The lowest BCUT2D eigenvalue weighted by atomic mass is 10.1. The number of carbonyl (C=O) groups is 2. The van der Waals surface area contributed by atoms with Crippen LogP contribution in [0.4, 0.5) is 18.9 Å². The quantitative estimate of drug-likeness (QED) is 0.850. The lowest BCUT2D eigenvalue weighted by Crippen LogP contribution is -2.23. The second-order valence-corrected chi connectivity index (χ2v) is 3.42. The Balaban J connectivity index is 3.22. The van der Waals surface area contributed by atoms with Crippen molar-refractivity contribution in [2.24, 2.45) is 0 Å². The number of benzene rings is 1. The number of amides is 1. The van der Waals surface area contributed by atoms with E-state index in [0.29, 0.717) is 0 Å². The van der Waals surface area contributed by atoms with Crippen LogP contribution in [-0.2, 0) is 4.79 Å². The second-order valence-electron chi connectivity index (χ2n) is 3.42. The van der Waals surface area contributed by atoms with E-state index < -0.39 is 23.4 Å². The highest BCUT2D eigenvalue weighted by Gasteiger charge is 2.40. The fourth-order valence-corrected chi connectivity index (χ4v) is 1.32. The van der Waals surface area contributed by atoms with Crippen LogP contribution in [0.25, 0.3) is 0 Å². The molecule has 7 heteroatoms. The lowest BCUT2D eigenvalue weighted by molar-refractivity contribution is -0.114. The molecule has 1 aromatic rings. The number of anilines is 1. The average molecular weight is 261 g/mol. The third-order valence-electron chi connectivity index (χ3n) is 2.02. The lowest BCUT2D eigenvalue weighted by Gasteiger charge is -2.11. The number of hydrogen-bond acceptors (Lipinski definition) is 3. The SMILES string of the molecule is COc1ccc(NC(C)=O)cc1C(=O)C(F)(F)F. The number of nitrogens with one attached hydrogen (secondary N) is 1. The summed E-state index contributed by atoms with van der Waals surface area (Å²) in [4.78, 5) is 22.0. The van der Waals surface area contributed by atoms with Gasteiger partial charge in [-0.15, -0.1) is 0 Å². The van der Waals surface area contributed by atoms with Crippen molar-refractivity contribution in [3.05, 3.63) is 23.8 Å². The molecule has 4 nitrogen and oxygen atoms in total. The number of ketones is 1. The van der Waals surface area contributed by atoms with Crippen molar-refractivity contribution >= 4 is 17.4 Å². The van der Waals surface area contributed by atoms with Gasteiger partial charge < -0.3 is 10.1 Å². The summed E-state index contributed by atoms with van der Waals surface area (Å²) in [5.41, 5.74) is -0.549. The zero-order valence-corrected chi connectivity index (χ0v) is 9.59. The van der Waals surface area contributed by atoms with Gasteiger partial charge in [0.15, 0.2) is 0 Å². The minimum atomic E-state index is -5.00. The number of ether oxygens (including phenoxy) is 1. The van der Waals surface area contributed by atoms with Gasteiger partial charge in [-0.3, -0.25) is 9.59 Å². The molecular weight excluding hydrogens is 251 g/mol. The Morgan fingerprint density at radius 1 is 1.28 bits per heavy atom. The van der Waals surface area contributed by atoms with Crippen molar-refractivity contribution < 1.29 is 27.5 Å². The molecule has 0 atom stereocenters. The van der Waals surface area contributed by atoms with Crippen LogP contribution in [0.1, 0.15) is 17.3 Å². The zero-order valence-electron chi connectivity index (χ0n) is 9.59. The summed E-state index contributed by atoms with van der Waals surface area (Å²) in [6.07, 6.45) is -5.00. The standard InChI is InChI=1S/C11H10F3NO3/c1-6(16)15-7-3-4-9(18-2)8(5-7)10(17)11(12,13)14/h3-5H,1-2H3,(H,15,16). The molecule has 0 spiro atoms. The maximum Gasteiger partial charge on any atom is 0.455 e. The van der Waals surface area contributed by atoms with Gasteiger partial charge >= 0.3 is 6.18 Å². The maximum absolute atomic E-state index is 12.4. The highest BCUT2D eigenvalue weighted by Crippen LogP contribution is 2.29. The van der Waals surface area contributed by atoms with Crippen LogP contribution >= 0.6 is 0 Å². The number of alkyl halides is 3. The normalized spacial score (nSPS) is 10.9. The molecule has 0 heterocycles. The van der Waals surface area contributed by atoms with Crippen LogP contribution in [0, 0.1) is 0 Å². The van der Waals surface area contributed by atoms with E-state index in [-0.39, 0.29) is 11.4 Å². The van der Waals surface area contributed by atoms with Crippen molar-refractivity contribution in [1.29, 1.82) is 0 Å². The van der Waals surface area contributed by atoms with Crippen LogP contribution in [0.3, 0.4) is 0 Å². The third kappa shape index (κ3) is 3.22. The summed E-state index contributed by atoms with van der Waals surface area (Å²) in [7, 11) is 1.15. The predicted molar refractivity (Wildman–Crippen MR) is 57.7 cm³/mol. The summed E-state index contributed by atoms with van der Waals surface area (Å²) in [6.45, 7) is 1.20. The van der Waals surface area contributed by atoms with E-state index in [1.807, 2.05) is 0 Å². The molecule has 1 amide bonds. The summed E-state index contributed by atoms with van der Waals surface area (Å²) in [5, 5.41) is 2.29. The molecule has 1 rings (SSSR count). The van der Waals surface area contributed by atoms with Crippen molar-refractivity contribution in [2.75, 3.05) is 12.4 Å². The van der Waals surface area contributed by atoms with Crippen LogP contribution in [0.2, 0.25) is 0 Å². The van der Waals surface area contributed by atoms with Crippen LogP contribution in [-0.4, -0.2) is 25.0 Å².